The van der Waals surface area contributed by atoms with Crippen molar-refractivity contribution in [3.05, 3.63) is 89.9 Å². The van der Waals surface area contributed by atoms with Crippen LogP contribution < -0.4 is 4.72 Å². The first kappa shape index (κ1) is 25.1. The van der Waals surface area contributed by atoms with Crippen LogP contribution in [0.3, 0.4) is 0 Å². The number of pyridine rings is 1. The molecule has 1 aromatic heterocycles. The number of hydrogen-bond acceptors (Lipinski definition) is 5. The van der Waals surface area contributed by atoms with Gasteiger partial charge in [0.25, 0.3) is 15.9 Å². The van der Waals surface area contributed by atoms with Crippen LogP contribution >= 0.6 is 0 Å². The van der Waals surface area contributed by atoms with Crippen molar-refractivity contribution in [3.63, 3.8) is 0 Å². The Morgan fingerprint density at radius 2 is 1.89 bits per heavy atom. The summed E-state index contributed by atoms with van der Waals surface area (Å²) >= 11 is 0. The van der Waals surface area contributed by atoms with E-state index in [1.165, 1.54) is 12.1 Å². The second-order valence-electron chi connectivity index (χ2n) is 9.50. The van der Waals surface area contributed by atoms with Crippen molar-refractivity contribution in [1.82, 2.24) is 14.8 Å². The van der Waals surface area contributed by atoms with Gasteiger partial charge in [-0.2, -0.15) is 0 Å². The number of carbonyl (C=O) groups excluding carboxylic acids is 1. The van der Waals surface area contributed by atoms with Crippen LogP contribution in [-0.2, 0) is 10.0 Å². The highest BCUT2D eigenvalue weighted by Gasteiger charge is 2.25. The van der Waals surface area contributed by atoms with E-state index in [2.05, 4.69) is 14.6 Å². The van der Waals surface area contributed by atoms with Crippen molar-refractivity contribution >= 4 is 32.5 Å². The van der Waals surface area contributed by atoms with E-state index in [-0.39, 0.29) is 16.6 Å². The third-order valence-electron chi connectivity index (χ3n) is 6.90. The van der Waals surface area contributed by atoms with Gasteiger partial charge < -0.3 is 4.90 Å². The minimum Gasteiger partial charge on any atom is -0.336 e. The first-order valence-electron chi connectivity index (χ1n) is 12.3. The molecular formula is C28H29FN4O3S. The zero-order valence-electron chi connectivity index (χ0n) is 20.6. The van der Waals surface area contributed by atoms with Crippen molar-refractivity contribution in [2.24, 2.45) is 5.92 Å². The topological polar surface area (TPSA) is 82.6 Å². The maximum absolute atomic E-state index is 13.2. The summed E-state index contributed by atoms with van der Waals surface area (Å²) in [6, 6.07) is 13.6. The molecule has 192 valence electrons. The van der Waals surface area contributed by atoms with E-state index in [0.29, 0.717) is 47.8 Å². The third kappa shape index (κ3) is 5.57. The van der Waals surface area contributed by atoms with Gasteiger partial charge in [0.15, 0.2) is 0 Å². The standard InChI is InChI=1S/C28H29FN4O3S/c1-20-18-23(28(34)33-16-14-32(15-17-33)19-21-7-10-24(29)11-8-21)9-12-25(20)31-37(35,36)26-6-2-4-22-5-3-13-30-27(22)26/h2-7,9-13,18,21,31H,8,14-17,19H2,1H3. The molecule has 1 unspecified atom stereocenters. The number of rotatable bonds is 6. The first-order chi connectivity index (χ1) is 17.8. The van der Waals surface area contributed by atoms with Gasteiger partial charge in [-0.1, -0.05) is 24.3 Å². The third-order valence-corrected chi connectivity index (χ3v) is 8.30. The van der Waals surface area contributed by atoms with Gasteiger partial charge in [-0.15, -0.1) is 0 Å². The summed E-state index contributed by atoms with van der Waals surface area (Å²) in [5.41, 5.74) is 2.01. The van der Waals surface area contributed by atoms with Gasteiger partial charge in [0.05, 0.1) is 11.2 Å². The van der Waals surface area contributed by atoms with Gasteiger partial charge in [-0.3, -0.25) is 19.4 Å². The minimum absolute atomic E-state index is 0.0713. The van der Waals surface area contributed by atoms with Crippen LogP contribution in [0.1, 0.15) is 22.3 Å². The molecule has 0 bridgehead atoms. The van der Waals surface area contributed by atoms with Crippen molar-refractivity contribution in [3.8, 4) is 0 Å². The number of amides is 1. The number of carbonyl (C=O) groups is 1. The summed E-state index contributed by atoms with van der Waals surface area (Å²) < 4.78 is 42.2. The van der Waals surface area contributed by atoms with Gasteiger partial charge in [0.2, 0.25) is 0 Å². The number of nitrogens with zero attached hydrogens (tertiary/aromatic N) is 3. The number of fused-ring (bicyclic) bond motifs is 1. The number of hydrogen-bond donors (Lipinski definition) is 1. The molecule has 1 atom stereocenters. The van der Waals surface area contributed by atoms with Crippen LogP contribution in [0.25, 0.3) is 10.9 Å². The van der Waals surface area contributed by atoms with E-state index < -0.39 is 10.0 Å². The quantitative estimate of drug-likeness (QED) is 0.516. The summed E-state index contributed by atoms with van der Waals surface area (Å²) in [5, 5.41) is 0.740. The Morgan fingerprint density at radius 1 is 1.11 bits per heavy atom. The van der Waals surface area contributed by atoms with Crippen LogP contribution in [0.5, 0.6) is 0 Å². The molecule has 2 heterocycles. The van der Waals surface area contributed by atoms with E-state index in [1.807, 2.05) is 23.1 Å². The molecular weight excluding hydrogens is 491 g/mol. The maximum atomic E-state index is 13.2. The van der Waals surface area contributed by atoms with E-state index in [1.54, 1.807) is 49.5 Å². The molecule has 1 amide bonds. The van der Waals surface area contributed by atoms with Crippen LogP contribution in [0.4, 0.5) is 10.1 Å². The largest absolute Gasteiger partial charge is 0.336 e. The van der Waals surface area contributed by atoms with Crippen LogP contribution in [-0.4, -0.2) is 61.8 Å². The molecule has 1 N–H and O–H groups in total. The van der Waals surface area contributed by atoms with Crippen molar-refractivity contribution < 1.29 is 17.6 Å². The Hall–Kier alpha value is -3.56. The number of sulfonamides is 1. The predicted octanol–water partition coefficient (Wildman–Crippen LogP) is 4.53. The molecule has 2 aromatic carbocycles. The summed E-state index contributed by atoms with van der Waals surface area (Å²) in [5.74, 6) is 0.0507. The normalized spacial score (nSPS) is 18.6. The fourth-order valence-corrected chi connectivity index (χ4v) is 6.14. The highest BCUT2D eigenvalue weighted by Crippen LogP contribution is 2.26. The fraction of sp³-hybridized carbons (Fsp3) is 0.286. The molecule has 3 aromatic rings. The molecule has 1 saturated heterocycles. The average Bonchev–Trinajstić information content (AvgIpc) is 2.91. The number of nitrogens with one attached hydrogen (secondary N) is 1. The number of aryl methyl sites for hydroxylation is 1. The molecule has 7 nitrogen and oxygen atoms in total. The SMILES string of the molecule is Cc1cc(C(=O)N2CCN(CC3C=CC(F)=CC3)CC2)ccc1NS(=O)(=O)c1cccc2cccnc12. The van der Waals surface area contributed by atoms with Crippen LogP contribution in [0.15, 0.2) is 83.7 Å². The Kier molecular flexibility index (Phi) is 7.08. The number of para-hydroxylation sites is 1. The smallest absolute Gasteiger partial charge is 0.264 e. The van der Waals surface area contributed by atoms with Crippen LogP contribution in [0.2, 0.25) is 0 Å². The van der Waals surface area contributed by atoms with E-state index >= 15 is 0 Å². The summed E-state index contributed by atoms with van der Waals surface area (Å²) in [6.07, 6.45) is 7.34. The zero-order valence-corrected chi connectivity index (χ0v) is 21.4. The lowest BCUT2D eigenvalue weighted by Crippen LogP contribution is -2.49. The van der Waals surface area contributed by atoms with E-state index in [9.17, 15) is 17.6 Å². The molecule has 1 fully saturated rings. The lowest BCUT2D eigenvalue weighted by Gasteiger charge is -2.36. The van der Waals surface area contributed by atoms with Gasteiger partial charge >= 0.3 is 0 Å². The number of piperazine rings is 1. The number of benzene rings is 2. The molecule has 0 saturated carbocycles. The van der Waals surface area contributed by atoms with E-state index in [4.69, 9.17) is 0 Å². The molecule has 0 spiro atoms. The molecule has 9 heteroatoms. The Bertz CT molecular complexity index is 1490. The predicted molar refractivity (Wildman–Crippen MR) is 143 cm³/mol. The molecule has 0 radical (unpaired) electrons. The van der Waals surface area contributed by atoms with Crippen molar-refractivity contribution in [1.29, 1.82) is 0 Å². The highest BCUT2D eigenvalue weighted by molar-refractivity contribution is 7.93. The number of anilines is 1. The molecule has 5 rings (SSSR count). The highest BCUT2D eigenvalue weighted by atomic mass is 32.2. The minimum atomic E-state index is -3.88. The van der Waals surface area contributed by atoms with Gasteiger partial charge in [0, 0.05) is 49.9 Å². The summed E-state index contributed by atoms with van der Waals surface area (Å²) in [6.45, 7) is 5.38. The summed E-state index contributed by atoms with van der Waals surface area (Å²) in [4.78, 5) is 21.6. The molecule has 1 aliphatic heterocycles. The lowest BCUT2D eigenvalue weighted by atomic mass is 9.99. The molecule has 2 aliphatic rings. The molecule has 1 aliphatic carbocycles. The van der Waals surface area contributed by atoms with Crippen molar-refractivity contribution in [2.45, 2.75) is 18.2 Å². The Balaban J connectivity index is 1.23. The fourth-order valence-electron chi connectivity index (χ4n) is 4.83. The van der Waals surface area contributed by atoms with Gasteiger partial charge in [-0.05, 0) is 67.3 Å². The van der Waals surface area contributed by atoms with Crippen molar-refractivity contribution in [2.75, 3.05) is 37.4 Å². The first-order valence-corrected chi connectivity index (χ1v) is 13.8. The van der Waals surface area contributed by atoms with Gasteiger partial charge in [0.1, 0.15) is 10.7 Å². The van der Waals surface area contributed by atoms with Crippen LogP contribution in [0, 0.1) is 12.8 Å². The van der Waals surface area contributed by atoms with E-state index in [0.717, 1.165) is 25.0 Å². The Labute approximate surface area is 216 Å². The Morgan fingerprint density at radius 3 is 2.62 bits per heavy atom. The number of aromatic nitrogens is 1. The monoisotopic (exact) mass is 520 g/mol. The average molecular weight is 521 g/mol. The summed E-state index contributed by atoms with van der Waals surface area (Å²) in [7, 11) is -3.88. The number of halogens is 1. The number of allylic oxidation sites excluding steroid dienone is 3. The second kappa shape index (κ2) is 10.4. The molecule has 37 heavy (non-hydrogen) atoms. The second-order valence-corrected chi connectivity index (χ2v) is 11.2. The lowest BCUT2D eigenvalue weighted by molar-refractivity contribution is 0.0625. The zero-order chi connectivity index (χ0) is 26.0. The maximum Gasteiger partial charge on any atom is 0.264 e. The van der Waals surface area contributed by atoms with Gasteiger partial charge in [-0.25, -0.2) is 12.8 Å².